The van der Waals surface area contributed by atoms with Crippen LogP contribution in [0.1, 0.15) is 53.6 Å². The Kier molecular flexibility index (Phi) is 7.29. The third-order valence-corrected chi connectivity index (χ3v) is 6.85. The molecule has 4 heterocycles. The number of methoxy groups -OCH3 is 1. The van der Waals surface area contributed by atoms with E-state index in [-0.39, 0.29) is 17.9 Å². The van der Waals surface area contributed by atoms with Crippen LogP contribution in [0.15, 0.2) is 11.4 Å². The largest absolute Gasteiger partial charge is 0.381 e. The number of carbonyl (C=O) groups is 1. The minimum Gasteiger partial charge on any atom is -0.381 e. The average Bonchev–Trinajstić information content (AvgIpc) is 3.27. The fourth-order valence-electron chi connectivity index (χ4n) is 4.40. The fraction of sp³-hybridized carbons (Fsp3) is 0.591. The van der Waals surface area contributed by atoms with Gasteiger partial charge < -0.3 is 15.0 Å². The molecule has 2 saturated heterocycles. The maximum absolute atomic E-state index is 12.8. The van der Waals surface area contributed by atoms with E-state index < -0.39 is 0 Å². The van der Waals surface area contributed by atoms with Crippen LogP contribution in [-0.2, 0) is 4.74 Å². The Balaban J connectivity index is 1.42. The molecule has 2 aliphatic heterocycles. The quantitative estimate of drug-likeness (QED) is 0.663. The predicted octanol–water partition coefficient (Wildman–Crippen LogP) is 2.94. The van der Waals surface area contributed by atoms with Gasteiger partial charge in [0.15, 0.2) is 5.13 Å². The SMILES string of the molecule is COC1CCN(C(=O)c2csc(Nc3cc([C@H]4CCCN(CC#N)C4)nc(C)n3)n2)CC1. The number of aryl methyl sites for hydroxylation is 1. The standard InChI is InChI=1S/C22H29N7O2S/c1-15-24-18(16-4-3-8-28(13-16)11-7-23)12-20(25-15)27-22-26-19(14-32-22)21(30)29-9-5-17(31-2)6-10-29/h12,14,16-17H,3-6,8-11,13H2,1-2H3,(H,24,25,26,27)/t16-/m0/s1. The van der Waals surface area contributed by atoms with E-state index in [2.05, 4.69) is 31.2 Å². The lowest BCUT2D eigenvalue weighted by Crippen LogP contribution is -2.40. The summed E-state index contributed by atoms with van der Waals surface area (Å²) >= 11 is 1.40. The number of rotatable bonds is 6. The summed E-state index contributed by atoms with van der Waals surface area (Å²) in [7, 11) is 1.72. The summed E-state index contributed by atoms with van der Waals surface area (Å²) < 4.78 is 5.39. The average molecular weight is 456 g/mol. The summed E-state index contributed by atoms with van der Waals surface area (Å²) in [4.78, 5) is 30.5. The van der Waals surface area contributed by atoms with Gasteiger partial charge in [-0.25, -0.2) is 15.0 Å². The molecule has 0 aromatic carbocycles. The van der Waals surface area contributed by atoms with Crippen LogP contribution in [0.5, 0.6) is 0 Å². The third-order valence-electron chi connectivity index (χ3n) is 6.10. The molecule has 0 unspecified atom stereocenters. The van der Waals surface area contributed by atoms with Gasteiger partial charge in [0.2, 0.25) is 0 Å². The van der Waals surface area contributed by atoms with E-state index >= 15 is 0 Å². The predicted molar refractivity (Wildman–Crippen MR) is 122 cm³/mol. The number of amides is 1. The Labute approximate surface area is 192 Å². The van der Waals surface area contributed by atoms with E-state index in [1.54, 1.807) is 12.5 Å². The number of nitriles is 1. The highest BCUT2D eigenvalue weighted by Gasteiger charge is 2.26. The number of carbonyl (C=O) groups excluding carboxylic acids is 1. The molecule has 2 fully saturated rings. The molecule has 2 aromatic heterocycles. The zero-order valence-electron chi connectivity index (χ0n) is 18.6. The van der Waals surface area contributed by atoms with Crippen molar-refractivity contribution in [3.63, 3.8) is 0 Å². The summed E-state index contributed by atoms with van der Waals surface area (Å²) in [6.07, 6.45) is 4.05. The molecule has 2 aliphatic rings. The van der Waals surface area contributed by atoms with Gasteiger partial charge in [0.05, 0.1) is 24.4 Å². The van der Waals surface area contributed by atoms with Crippen molar-refractivity contribution in [2.75, 3.05) is 45.2 Å². The first kappa shape index (κ1) is 22.6. The second-order valence-electron chi connectivity index (χ2n) is 8.35. The molecule has 0 bridgehead atoms. The molecule has 9 nitrogen and oxygen atoms in total. The van der Waals surface area contributed by atoms with Crippen LogP contribution in [0.3, 0.4) is 0 Å². The number of nitrogens with one attached hydrogen (secondary N) is 1. The Morgan fingerprint density at radius 3 is 2.84 bits per heavy atom. The number of aromatic nitrogens is 3. The molecule has 0 spiro atoms. The van der Waals surface area contributed by atoms with Gasteiger partial charge in [-0.15, -0.1) is 11.3 Å². The Bertz CT molecular complexity index is 981. The van der Waals surface area contributed by atoms with Gasteiger partial charge in [-0.05, 0) is 39.2 Å². The highest BCUT2D eigenvalue weighted by atomic mass is 32.1. The molecular formula is C22H29N7O2S. The summed E-state index contributed by atoms with van der Waals surface area (Å²) in [5.41, 5.74) is 1.44. The molecule has 10 heteroatoms. The first-order valence-electron chi connectivity index (χ1n) is 11.0. The van der Waals surface area contributed by atoms with Crippen molar-refractivity contribution in [1.29, 1.82) is 5.26 Å². The van der Waals surface area contributed by atoms with Gasteiger partial charge in [-0.1, -0.05) is 0 Å². The van der Waals surface area contributed by atoms with Crippen LogP contribution in [0.25, 0.3) is 0 Å². The fourth-order valence-corrected chi connectivity index (χ4v) is 5.09. The normalized spacial score (nSPS) is 20.2. The number of piperidine rings is 2. The molecule has 32 heavy (non-hydrogen) atoms. The second kappa shape index (κ2) is 10.3. The molecule has 0 saturated carbocycles. The maximum Gasteiger partial charge on any atom is 0.273 e. The van der Waals surface area contributed by atoms with Crippen LogP contribution >= 0.6 is 11.3 Å². The van der Waals surface area contributed by atoms with Crippen molar-refractivity contribution >= 4 is 28.2 Å². The Hall–Kier alpha value is -2.61. The summed E-state index contributed by atoms with van der Waals surface area (Å²) in [5, 5.41) is 14.7. The van der Waals surface area contributed by atoms with Crippen molar-refractivity contribution in [2.24, 2.45) is 0 Å². The summed E-state index contributed by atoms with van der Waals surface area (Å²) in [5.74, 6) is 1.61. The Morgan fingerprint density at radius 1 is 1.28 bits per heavy atom. The summed E-state index contributed by atoms with van der Waals surface area (Å²) in [6.45, 7) is 5.50. The van der Waals surface area contributed by atoms with Gasteiger partial charge in [0, 0.05) is 44.1 Å². The number of thiazole rings is 1. The number of anilines is 2. The smallest absolute Gasteiger partial charge is 0.273 e. The summed E-state index contributed by atoms with van der Waals surface area (Å²) in [6, 6.07) is 4.21. The molecule has 0 radical (unpaired) electrons. The lowest BCUT2D eigenvalue weighted by atomic mass is 9.94. The molecule has 4 rings (SSSR count). The van der Waals surface area contributed by atoms with E-state index in [0.717, 1.165) is 44.5 Å². The van der Waals surface area contributed by atoms with Crippen LogP contribution in [0.2, 0.25) is 0 Å². The minimum absolute atomic E-state index is 0.0387. The molecule has 2 aromatic rings. The first-order valence-corrected chi connectivity index (χ1v) is 11.9. The molecule has 1 atom stereocenters. The van der Waals surface area contributed by atoms with E-state index in [0.29, 0.717) is 42.1 Å². The maximum atomic E-state index is 12.8. The zero-order valence-corrected chi connectivity index (χ0v) is 19.4. The monoisotopic (exact) mass is 455 g/mol. The van der Waals surface area contributed by atoms with Crippen LogP contribution in [0, 0.1) is 18.3 Å². The van der Waals surface area contributed by atoms with E-state index in [9.17, 15) is 4.79 Å². The topological polar surface area (TPSA) is 107 Å². The molecular weight excluding hydrogens is 426 g/mol. The lowest BCUT2D eigenvalue weighted by Gasteiger charge is -2.30. The zero-order chi connectivity index (χ0) is 22.5. The minimum atomic E-state index is -0.0387. The second-order valence-corrected chi connectivity index (χ2v) is 9.21. The number of hydrogen-bond donors (Lipinski definition) is 1. The van der Waals surface area contributed by atoms with Crippen molar-refractivity contribution < 1.29 is 9.53 Å². The highest BCUT2D eigenvalue weighted by molar-refractivity contribution is 7.14. The number of hydrogen-bond acceptors (Lipinski definition) is 9. The highest BCUT2D eigenvalue weighted by Crippen LogP contribution is 2.28. The van der Waals surface area contributed by atoms with Gasteiger partial charge in [-0.3, -0.25) is 9.69 Å². The molecule has 1 N–H and O–H groups in total. The van der Waals surface area contributed by atoms with Crippen molar-refractivity contribution in [3.8, 4) is 6.07 Å². The molecule has 1 amide bonds. The van der Waals surface area contributed by atoms with E-state index in [1.165, 1.54) is 11.3 Å². The van der Waals surface area contributed by atoms with Gasteiger partial charge in [-0.2, -0.15) is 5.26 Å². The number of likely N-dealkylation sites (tertiary alicyclic amines) is 2. The third kappa shape index (κ3) is 5.41. The van der Waals surface area contributed by atoms with Crippen LogP contribution in [-0.4, -0.2) is 76.6 Å². The van der Waals surface area contributed by atoms with Crippen molar-refractivity contribution in [2.45, 2.75) is 44.6 Å². The van der Waals surface area contributed by atoms with E-state index in [4.69, 9.17) is 10.00 Å². The lowest BCUT2D eigenvalue weighted by molar-refractivity contribution is 0.0348. The van der Waals surface area contributed by atoms with Crippen LogP contribution in [0.4, 0.5) is 10.9 Å². The van der Waals surface area contributed by atoms with Crippen molar-refractivity contribution in [1.82, 2.24) is 24.8 Å². The Morgan fingerprint density at radius 2 is 2.09 bits per heavy atom. The van der Waals surface area contributed by atoms with Crippen LogP contribution < -0.4 is 5.32 Å². The number of nitrogens with zero attached hydrogens (tertiary/aromatic N) is 6. The van der Waals surface area contributed by atoms with Gasteiger partial charge >= 0.3 is 0 Å². The molecule has 170 valence electrons. The first-order chi connectivity index (χ1) is 15.6. The van der Waals surface area contributed by atoms with Crippen molar-refractivity contribution in [3.05, 3.63) is 28.7 Å². The molecule has 0 aliphatic carbocycles. The van der Waals surface area contributed by atoms with Gasteiger partial charge in [0.1, 0.15) is 17.3 Å². The number of ether oxygens (including phenoxy) is 1. The van der Waals surface area contributed by atoms with E-state index in [1.807, 2.05) is 17.9 Å². The van der Waals surface area contributed by atoms with Gasteiger partial charge in [0.25, 0.3) is 5.91 Å².